The fourth-order valence-corrected chi connectivity index (χ4v) is 14.6. The van der Waals surface area contributed by atoms with E-state index in [-0.39, 0.29) is 19.3 Å². The molecule has 5 unspecified atom stereocenters. The van der Waals surface area contributed by atoms with Crippen LogP contribution in [0.2, 0.25) is 0 Å². The molecule has 0 aromatic rings. The molecule has 5 atom stereocenters. The van der Waals surface area contributed by atoms with Crippen LogP contribution in [0.1, 0.15) is 393 Å². The summed E-state index contributed by atoms with van der Waals surface area (Å²) in [7, 11) is -9.82. The summed E-state index contributed by atoms with van der Waals surface area (Å²) < 4.78 is 61.6. The summed E-state index contributed by atoms with van der Waals surface area (Å²) in [6.45, 7) is 2.38. The van der Waals surface area contributed by atoms with Gasteiger partial charge in [0.05, 0.1) is 26.4 Å². The largest absolute Gasteiger partial charge is 0.472 e. The summed E-state index contributed by atoms with van der Waals surface area (Å²) >= 11 is 0. The molecule has 702 valence electrons. The van der Waals surface area contributed by atoms with Crippen molar-refractivity contribution < 1.29 is 75.8 Å². The number of hydrogen-bond donors (Lipinski definition) is 4. The van der Waals surface area contributed by atoms with E-state index in [0.717, 1.165) is 199 Å². The molecule has 0 fully saturated rings. The molecule has 0 heterocycles. The zero-order chi connectivity index (χ0) is 89.3. The molecule has 0 aromatic heterocycles. The predicted octanol–water partition coefficient (Wildman–Crippen LogP) is 30.6. The van der Waals surface area contributed by atoms with Crippen molar-refractivity contribution >= 4 is 33.6 Å². The van der Waals surface area contributed by atoms with E-state index in [1.165, 1.54) is 135 Å². The van der Waals surface area contributed by atoms with Crippen LogP contribution in [-0.4, -0.2) is 95.9 Å². The second-order valence-corrected chi connectivity index (χ2v) is 35.0. The normalized spacial score (nSPS) is 14.6. The molecule has 0 aliphatic carbocycles. The molecule has 0 aliphatic rings. The van der Waals surface area contributed by atoms with Crippen molar-refractivity contribution in [2.24, 2.45) is 0 Å². The lowest BCUT2D eigenvalue weighted by atomic mass is 10.0. The van der Waals surface area contributed by atoms with Crippen molar-refractivity contribution in [1.29, 1.82) is 0 Å². The van der Waals surface area contributed by atoms with E-state index < -0.39 is 91.5 Å². The maximum absolute atomic E-state index is 13.1. The smallest absolute Gasteiger partial charge is 0.463 e. The van der Waals surface area contributed by atoms with Crippen LogP contribution in [-0.2, 0) is 55.8 Å². The zero-order valence-electron chi connectivity index (χ0n) is 77.5. The number of carbonyl (C=O) groups is 3. The number of rotatable bonds is 91. The summed E-state index contributed by atoms with van der Waals surface area (Å²) in [6.07, 6.45) is 128. The van der Waals surface area contributed by atoms with Crippen molar-refractivity contribution in [1.82, 2.24) is 0 Å². The van der Waals surface area contributed by atoms with Gasteiger partial charge >= 0.3 is 33.6 Å². The number of esters is 3. The van der Waals surface area contributed by atoms with Crippen molar-refractivity contribution in [2.75, 3.05) is 39.6 Å². The Kier molecular flexibility index (Phi) is 91.1. The third-order valence-corrected chi connectivity index (χ3v) is 22.2. The monoisotopic (exact) mass is 1760 g/mol. The number of phosphoric acid groups is 2. The van der Waals surface area contributed by atoms with Gasteiger partial charge in [-0.15, -0.1) is 0 Å². The minimum Gasteiger partial charge on any atom is -0.463 e. The molecule has 0 rings (SSSR count). The Balaban J connectivity index is 4.68. The van der Waals surface area contributed by atoms with Crippen molar-refractivity contribution in [3.05, 3.63) is 194 Å². The van der Waals surface area contributed by atoms with Gasteiger partial charge in [-0.1, -0.05) is 408 Å². The van der Waals surface area contributed by atoms with E-state index in [1.807, 2.05) is 0 Å². The highest BCUT2D eigenvalue weighted by atomic mass is 31.2. The summed E-state index contributed by atoms with van der Waals surface area (Å²) in [5.41, 5.74) is 0. The summed E-state index contributed by atoms with van der Waals surface area (Å²) in [4.78, 5) is 59.2. The van der Waals surface area contributed by atoms with Gasteiger partial charge in [0.2, 0.25) is 0 Å². The fourth-order valence-electron chi connectivity index (χ4n) is 13.0. The van der Waals surface area contributed by atoms with Gasteiger partial charge in [0.15, 0.2) is 6.10 Å². The SMILES string of the molecule is CC/C=C\C/C=C\C/C=C\C/C=C\C/C=C\C/C=C\CCCCCCCCCCCCC(=O)OCC(O)COP(=O)(O)OCC(O)COP(=O)(O)OCC(COC(=O)CCCCCCCCCCCCCCC/C=C\C/C=C\C/C=C\C/C=C\C/C=C\CC)OC(=O)CCCCCCCCCCCCCCC/C=C\C/C=C\C/C=C\C/C=C\C/C=C\CC. The highest BCUT2D eigenvalue weighted by molar-refractivity contribution is 7.47. The first-order chi connectivity index (χ1) is 60.2. The van der Waals surface area contributed by atoms with E-state index in [2.05, 4.69) is 215 Å². The van der Waals surface area contributed by atoms with Crippen LogP contribution < -0.4 is 0 Å². The van der Waals surface area contributed by atoms with E-state index in [1.54, 1.807) is 0 Å². The lowest BCUT2D eigenvalue weighted by Crippen LogP contribution is -2.30. The van der Waals surface area contributed by atoms with Crippen molar-refractivity contribution in [2.45, 2.75) is 411 Å². The number of ether oxygens (including phenoxy) is 3. The van der Waals surface area contributed by atoms with Gasteiger partial charge in [-0.05, 0) is 161 Å². The summed E-state index contributed by atoms with van der Waals surface area (Å²) in [6, 6.07) is 0. The van der Waals surface area contributed by atoms with E-state index in [0.29, 0.717) is 19.3 Å². The average Bonchev–Trinajstić information content (AvgIpc) is 0.896. The number of aliphatic hydroxyl groups is 2. The number of hydrogen-bond acceptors (Lipinski definition) is 14. The summed E-state index contributed by atoms with van der Waals surface area (Å²) in [5.74, 6) is -1.57. The highest BCUT2D eigenvalue weighted by Gasteiger charge is 2.30. The lowest BCUT2D eigenvalue weighted by Gasteiger charge is -2.21. The Labute approximate surface area is 750 Å². The third kappa shape index (κ3) is 96.9. The van der Waals surface area contributed by atoms with Gasteiger partial charge in [-0.3, -0.25) is 32.5 Å². The van der Waals surface area contributed by atoms with Gasteiger partial charge in [0.1, 0.15) is 25.4 Å². The molecule has 123 heavy (non-hydrogen) atoms. The second-order valence-electron chi connectivity index (χ2n) is 32.1. The molecular weight excluding hydrogens is 1580 g/mol. The number of carbonyl (C=O) groups excluding carboxylic acids is 3. The van der Waals surface area contributed by atoms with Gasteiger partial charge in [0.25, 0.3) is 0 Å². The van der Waals surface area contributed by atoms with Crippen molar-refractivity contribution in [3.8, 4) is 0 Å². The molecule has 16 nitrogen and oxygen atoms in total. The van der Waals surface area contributed by atoms with Crippen LogP contribution in [0.25, 0.3) is 0 Å². The minimum absolute atomic E-state index is 0.0976. The summed E-state index contributed by atoms with van der Waals surface area (Å²) in [5, 5.41) is 20.8. The topological polar surface area (TPSA) is 231 Å². The molecular formula is C105H176O16P2. The van der Waals surface area contributed by atoms with E-state index in [9.17, 15) is 43.5 Å². The molecule has 0 aromatic carbocycles. The third-order valence-electron chi connectivity index (χ3n) is 20.3. The van der Waals surface area contributed by atoms with Crippen LogP contribution in [0.15, 0.2) is 194 Å². The number of unbranched alkanes of at least 4 members (excludes halogenated alkanes) is 36. The molecule has 0 spiro atoms. The van der Waals surface area contributed by atoms with E-state index >= 15 is 0 Å². The fraction of sp³-hybridized carbons (Fsp3) is 0.667. The first-order valence-corrected chi connectivity index (χ1v) is 51.7. The molecule has 0 radical (unpaired) electrons. The van der Waals surface area contributed by atoms with Crippen LogP contribution in [0, 0.1) is 0 Å². The standard InChI is InChI=1S/C105H176O16P2/c1-4-7-10-13-16-19-22-25-28-31-34-37-40-43-46-49-52-55-58-61-64-67-70-73-76-79-82-85-88-91-103(108)115-94-100(106)95-117-122(111,112)118-96-101(107)97-119-123(113,114)120-99-102(121-105(110)93-90-87-84-81-78-75-72-69-66-63-60-57-54-51-48-45-42-39-36-33-30-27-24-21-18-15-12-9-6-3)98-116-104(109)92-89-86-83-80-77-74-71-68-65-62-59-56-53-50-47-44-41-38-35-32-29-26-23-20-17-14-11-8-5-2/h7-12,16-21,25-30,34-39,43-48,52,55,100-102,106-107H,4-6,13-15,22-24,31-33,40-42,49-51,53-54,56-99H2,1-3H3,(H,111,112)(H,113,114)/b10-7-,11-8-,12-9-,19-16-,20-17-,21-18-,28-25-,29-26-,30-27-,37-34-,38-35-,39-36-,46-43-,47-44-,48-45-,55-52-. The molecule has 18 heteroatoms. The Morgan fingerprint density at radius 3 is 0.642 bits per heavy atom. The van der Waals surface area contributed by atoms with Gasteiger partial charge in [0, 0.05) is 19.3 Å². The molecule has 0 bridgehead atoms. The number of aliphatic hydroxyl groups excluding tert-OH is 2. The lowest BCUT2D eigenvalue weighted by molar-refractivity contribution is -0.161. The zero-order valence-corrected chi connectivity index (χ0v) is 79.3. The van der Waals surface area contributed by atoms with Gasteiger partial charge in [-0.2, -0.15) is 0 Å². The highest BCUT2D eigenvalue weighted by Crippen LogP contribution is 2.45. The Hall–Kier alpha value is -5.61. The van der Waals surface area contributed by atoms with Gasteiger partial charge in [-0.25, -0.2) is 9.13 Å². The molecule has 0 aliphatic heterocycles. The van der Waals surface area contributed by atoms with E-state index in [4.69, 9.17) is 32.3 Å². The molecule has 0 amide bonds. The second kappa shape index (κ2) is 95.5. The quantitative estimate of drug-likeness (QED) is 0.0146. The number of phosphoric ester groups is 2. The van der Waals surface area contributed by atoms with Crippen LogP contribution >= 0.6 is 15.6 Å². The predicted molar refractivity (Wildman–Crippen MR) is 518 cm³/mol. The Bertz CT molecular complexity index is 3020. The average molecular weight is 1760 g/mol. The Morgan fingerprint density at radius 1 is 0.228 bits per heavy atom. The first kappa shape index (κ1) is 117. The molecule has 4 N–H and O–H groups in total. The molecule has 0 saturated carbocycles. The van der Waals surface area contributed by atoms with Crippen LogP contribution in [0.4, 0.5) is 0 Å². The van der Waals surface area contributed by atoms with Crippen LogP contribution in [0.3, 0.4) is 0 Å². The minimum atomic E-state index is -4.95. The van der Waals surface area contributed by atoms with Crippen molar-refractivity contribution in [3.63, 3.8) is 0 Å². The maximum Gasteiger partial charge on any atom is 0.472 e. The maximum atomic E-state index is 13.1. The van der Waals surface area contributed by atoms with Crippen LogP contribution in [0.5, 0.6) is 0 Å². The Morgan fingerprint density at radius 2 is 0.407 bits per heavy atom. The first-order valence-electron chi connectivity index (χ1n) is 48.7. The molecule has 0 saturated heterocycles. The number of allylic oxidation sites excluding steroid dienone is 32. The van der Waals surface area contributed by atoms with Gasteiger partial charge < -0.3 is 34.2 Å².